The molecule has 1 heterocycles. The number of aromatic nitrogens is 2. The zero-order chi connectivity index (χ0) is 13.7. The molecule has 2 rings (SSSR count). The van der Waals surface area contributed by atoms with Crippen LogP contribution in [-0.2, 0) is 13.0 Å². The predicted molar refractivity (Wildman–Crippen MR) is 76.1 cm³/mol. The third kappa shape index (κ3) is 3.58. The van der Waals surface area contributed by atoms with Crippen molar-refractivity contribution < 1.29 is 4.74 Å². The maximum absolute atomic E-state index is 6.19. The molecule has 1 unspecified atom stereocenters. The van der Waals surface area contributed by atoms with E-state index in [1.807, 2.05) is 29.2 Å². The highest BCUT2D eigenvalue weighted by Crippen LogP contribution is 2.18. The van der Waals surface area contributed by atoms with Crippen LogP contribution in [0.3, 0.4) is 0 Å². The Morgan fingerprint density at radius 2 is 2.05 bits per heavy atom. The summed E-state index contributed by atoms with van der Waals surface area (Å²) in [6, 6.07) is 8.18. The molecule has 2 aromatic rings. The number of aryl methyl sites for hydroxylation is 2. The molecular weight excluding hydrogens is 238 g/mol. The average molecular weight is 259 g/mol. The van der Waals surface area contributed by atoms with Crippen molar-refractivity contribution in [1.82, 2.24) is 9.78 Å². The molecule has 0 bridgehead atoms. The summed E-state index contributed by atoms with van der Waals surface area (Å²) in [4.78, 5) is 0. The smallest absolute Gasteiger partial charge is 0.118 e. The second-order valence-electron chi connectivity index (χ2n) is 4.62. The van der Waals surface area contributed by atoms with E-state index in [2.05, 4.69) is 24.2 Å². The molecule has 0 amide bonds. The molecule has 0 fully saturated rings. The van der Waals surface area contributed by atoms with Crippen LogP contribution in [0, 0.1) is 0 Å². The first-order chi connectivity index (χ1) is 9.22. The fraction of sp³-hybridized carbons (Fsp3) is 0.400. The maximum Gasteiger partial charge on any atom is 0.118 e. The van der Waals surface area contributed by atoms with Crippen LogP contribution in [0.25, 0.3) is 0 Å². The Hall–Kier alpha value is -1.81. The largest absolute Gasteiger partial charge is 0.497 e. The number of benzene rings is 1. The van der Waals surface area contributed by atoms with E-state index in [1.54, 1.807) is 7.11 Å². The van der Waals surface area contributed by atoms with Gasteiger partial charge in [-0.05, 0) is 37.5 Å². The predicted octanol–water partition coefficient (Wildman–Crippen LogP) is 2.54. The molecule has 2 N–H and O–H groups in total. The van der Waals surface area contributed by atoms with E-state index in [0.29, 0.717) is 0 Å². The number of nitrogens with zero attached hydrogens (tertiary/aromatic N) is 2. The van der Waals surface area contributed by atoms with Crippen molar-refractivity contribution in [2.45, 2.75) is 32.4 Å². The number of hydrogen-bond donors (Lipinski definition) is 1. The monoisotopic (exact) mass is 259 g/mol. The van der Waals surface area contributed by atoms with Gasteiger partial charge in [-0.1, -0.05) is 12.1 Å². The number of methoxy groups -OCH3 is 1. The standard InChI is InChI=1S/C15H21N3O/c1-3-18-11-13(10-17-18)15(16)9-6-12-4-7-14(19-2)8-5-12/h4-5,7-8,10-11,15H,3,6,9,16H2,1-2H3. The normalized spacial score (nSPS) is 12.4. The van der Waals surface area contributed by atoms with Crippen LogP contribution in [0.4, 0.5) is 0 Å². The minimum Gasteiger partial charge on any atom is -0.497 e. The fourth-order valence-electron chi connectivity index (χ4n) is 2.03. The number of hydrogen-bond acceptors (Lipinski definition) is 3. The number of nitrogens with two attached hydrogens (primary N) is 1. The van der Waals surface area contributed by atoms with E-state index >= 15 is 0 Å². The lowest BCUT2D eigenvalue weighted by Gasteiger charge is -2.09. The molecular formula is C15H21N3O. The van der Waals surface area contributed by atoms with E-state index in [1.165, 1.54) is 5.56 Å². The molecule has 1 aromatic heterocycles. The van der Waals surface area contributed by atoms with Gasteiger partial charge in [-0.2, -0.15) is 5.10 Å². The molecule has 0 radical (unpaired) electrons. The average Bonchev–Trinajstić information content (AvgIpc) is 2.94. The summed E-state index contributed by atoms with van der Waals surface area (Å²) in [7, 11) is 1.68. The van der Waals surface area contributed by atoms with Crippen molar-refractivity contribution in [1.29, 1.82) is 0 Å². The third-order valence-corrected chi connectivity index (χ3v) is 3.31. The van der Waals surface area contributed by atoms with Gasteiger partial charge in [-0.15, -0.1) is 0 Å². The van der Waals surface area contributed by atoms with Crippen LogP contribution in [0.1, 0.15) is 30.5 Å². The van der Waals surface area contributed by atoms with Crippen molar-refractivity contribution in [2.24, 2.45) is 5.73 Å². The van der Waals surface area contributed by atoms with Gasteiger partial charge in [0.15, 0.2) is 0 Å². The molecule has 0 aliphatic rings. The molecule has 0 aliphatic carbocycles. The van der Waals surface area contributed by atoms with Gasteiger partial charge < -0.3 is 10.5 Å². The van der Waals surface area contributed by atoms with E-state index in [0.717, 1.165) is 30.7 Å². The number of rotatable bonds is 6. The summed E-state index contributed by atoms with van der Waals surface area (Å²) < 4.78 is 7.05. The minimum absolute atomic E-state index is 0.0439. The van der Waals surface area contributed by atoms with Crippen molar-refractivity contribution in [2.75, 3.05) is 7.11 Å². The molecule has 0 spiro atoms. The molecule has 0 aliphatic heterocycles. The Morgan fingerprint density at radius 3 is 2.63 bits per heavy atom. The fourth-order valence-corrected chi connectivity index (χ4v) is 2.03. The van der Waals surface area contributed by atoms with E-state index in [4.69, 9.17) is 10.5 Å². The summed E-state index contributed by atoms with van der Waals surface area (Å²) in [6.07, 6.45) is 5.77. The highest BCUT2D eigenvalue weighted by atomic mass is 16.5. The first-order valence-corrected chi connectivity index (χ1v) is 6.63. The lowest BCUT2D eigenvalue weighted by molar-refractivity contribution is 0.414. The first-order valence-electron chi connectivity index (χ1n) is 6.63. The number of ether oxygens (including phenoxy) is 1. The molecule has 102 valence electrons. The zero-order valence-electron chi connectivity index (χ0n) is 11.5. The molecule has 1 aromatic carbocycles. The Labute approximate surface area is 114 Å². The van der Waals surface area contributed by atoms with Crippen LogP contribution < -0.4 is 10.5 Å². The van der Waals surface area contributed by atoms with Gasteiger partial charge in [0.25, 0.3) is 0 Å². The second kappa shape index (κ2) is 6.38. The van der Waals surface area contributed by atoms with Crippen LogP contribution in [-0.4, -0.2) is 16.9 Å². The van der Waals surface area contributed by atoms with Gasteiger partial charge in [-0.25, -0.2) is 0 Å². The minimum atomic E-state index is 0.0439. The summed E-state index contributed by atoms with van der Waals surface area (Å²) in [5.74, 6) is 0.886. The van der Waals surface area contributed by atoms with Crippen molar-refractivity contribution in [3.63, 3.8) is 0 Å². The van der Waals surface area contributed by atoms with Gasteiger partial charge in [0.05, 0.1) is 13.3 Å². The maximum atomic E-state index is 6.19. The summed E-state index contributed by atoms with van der Waals surface area (Å²) in [5.41, 5.74) is 8.57. The summed E-state index contributed by atoms with van der Waals surface area (Å²) in [5, 5.41) is 4.25. The van der Waals surface area contributed by atoms with Crippen molar-refractivity contribution in [3.05, 3.63) is 47.8 Å². The second-order valence-corrected chi connectivity index (χ2v) is 4.62. The lowest BCUT2D eigenvalue weighted by atomic mass is 10.0. The van der Waals surface area contributed by atoms with Gasteiger partial charge >= 0.3 is 0 Å². The van der Waals surface area contributed by atoms with Gasteiger partial charge in [0, 0.05) is 24.3 Å². The Kier molecular flexibility index (Phi) is 4.58. The summed E-state index contributed by atoms with van der Waals surface area (Å²) in [6.45, 7) is 2.95. The molecule has 0 saturated heterocycles. The molecule has 4 heteroatoms. The van der Waals surface area contributed by atoms with E-state index in [9.17, 15) is 0 Å². The van der Waals surface area contributed by atoms with Crippen LogP contribution in [0.5, 0.6) is 5.75 Å². The van der Waals surface area contributed by atoms with Crippen LogP contribution in [0.15, 0.2) is 36.7 Å². The van der Waals surface area contributed by atoms with Crippen molar-refractivity contribution >= 4 is 0 Å². The van der Waals surface area contributed by atoms with Gasteiger partial charge in [0.1, 0.15) is 5.75 Å². The van der Waals surface area contributed by atoms with Crippen LogP contribution >= 0.6 is 0 Å². The molecule has 4 nitrogen and oxygen atoms in total. The highest BCUT2D eigenvalue weighted by Gasteiger charge is 2.08. The highest BCUT2D eigenvalue weighted by molar-refractivity contribution is 5.27. The quantitative estimate of drug-likeness (QED) is 0.867. The Morgan fingerprint density at radius 1 is 1.32 bits per heavy atom. The van der Waals surface area contributed by atoms with Crippen molar-refractivity contribution in [3.8, 4) is 5.75 Å². The molecule has 19 heavy (non-hydrogen) atoms. The summed E-state index contributed by atoms with van der Waals surface area (Å²) >= 11 is 0. The van der Waals surface area contributed by atoms with E-state index in [-0.39, 0.29) is 6.04 Å². The Bertz CT molecular complexity index is 504. The topological polar surface area (TPSA) is 53.1 Å². The van der Waals surface area contributed by atoms with E-state index < -0.39 is 0 Å². The van der Waals surface area contributed by atoms with Gasteiger partial charge in [-0.3, -0.25) is 4.68 Å². The first kappa shape index (κ1) is 13.6. The van der Waals surface area contributed by atoms with Crippen LogP contribution in [0.2, 0.25) is 0 Å². The SMILES string of the molecule is CCn1cc(C(N)CCc2ccc(OC)cc2)cn1. The third-order valence-electron chi connectivity index (χ3n) is 3.31. The van der Waals surface area contributed by atoms with Gasteiger partial charge in [0.2, 0.25) is 0 Å². The zero-order valence-corrected chi connectivity index (χ0v) is 11.5. The molecule has 0 saturated carbocycles. The lowest BCUT2D eigenvalue weighted by Crippen LogP contribution is -2.10. The Balaban J connectivity index is 1.90. The molecule has 1 atom stereocenters.